The van der Waals surface area contributed by atoms with E-state index in [2.05, 4.69) is 11.9 Å². The third-order valence-corrected chi connectivity index (χ3v) is 2.37. The molecule has 0 amide bonds. The van der Waals surface area contributed by atoms with Gasteiger partial charge in [-0.25, -0.2) is 4.98 Å². The molecule has 0 aliphatic carbocycles. The lowest BCUT2D eigenvalue weighted by atomic mass is 10.2. The van der Waals surface area contributed by atoms with Gasteiger partial charge >= 0.3 is 0 Å². The maximum Gasteiger partial charge on any atom is 0.238 e. The quantitative estimate of drug-likeness (QED) is 0.805. The molecule has 1 heterocycles. The van der Waals surface area contributed by atoms with Crippen molar-refractivity contribution in [2.75, 3.05) is 11.5 Å². The normalized spacial score (nSPS) is 11.5. The van der Waals surface area contributed by atoms with Crippen LogP contribution in [-0.2, 0) is 0 Å². The zero-order chi connectivity index (χ0) is 11.5. The second-order valence-corrected chi connectivity index (χ2v) is 5.48. The first-order valence-electron chi connectivity index (χ1n) is 5.00. The van der Waals surface area contributed by atoms with Crippen LogP contribution in [0.1, 0.15) is 27.7 Å². The maximum absolute atomic E-state index is 5.80. The van der Waals surface area contributed by atoms with Crippen molar-refractivity contribution in [1.29, 1.82) is 0 Å². The van der Waals surface area contributed by atoms with E-state index in [1.54, 1.807) is 11.8 Å². The molecule has 0 aliphatic heterocycles. The lowest BCUT2D eigenvalue weighted by Gasteiger charge is -2.21. The molecule has 0 aromatic carbocycles. The van der Waals surface area contributed by atoms with Crippen molar-refractivity contribution >= 4 is 17.4 Å². The van der Waals surface area contributed by atoms with E-state index in [4.69, 9.17) is 10.5 Å². The summed E-state index contributed by atoms with van der Waals surface area (Å²) in [5, 5.41) is 0.950. The van der Waals surface area contributed by atoms with Crippen LogP contribution >= 0.6 is 11.8 Å². The lowest BCUT2D eigenvalue weighted by molar-refractivity contribution is 0.124. The van der Waals surface area contributed by atoms with Gasteiger partial charge in [0.15, 0.2) is 0 Å². The Hall–Kier alpha value is -0.900. The number of pyridine rings is 1. The fourth-order valence-electron chi connectivity index (χ4n) is 1.03. The van der Waals surface area contributed by atoms with Crippen LogP contribution in [-0.4, -0.2) is 16.3 Å². The van der Waals surface area contributed by atoms with Gasteiger partial charge < -0.3 is 10.5 Å². The Morgan fingerprint density at radius 3 is 2.60 bits per heavy atom. The van der Waals surface area contributed by atoms with Crippen molar-refractivity contribution in [1.82, 2.24) is 4.98 Å². The van der Waals surface area contributed by atoms with E-state index in [0.29, 0.717) is 11.6 Å². The number of nitrogen functional groups attached to an aromatic ring is 1. The van der Waals surface area contributed by atoms with Gasteiger partial charge in [0.2, 0.25) is 5.88 Å². The number of ether oxygens (including phenoxy) is 1. The molecule has 0 spiro atoms. The Morgan fingerprint density at radius 2 is 2.07 bits per heavy atom. The van der Waals surface area contributed by atoms with Crippen LogP contribution in [0.4, 0.5) is 5.69 Å². The van der Waals surface area contributed by atoms with Crippen molar-refractivity contribution in [2.45, 2.75) is 38.3 Å². The highest BCUT2D eigenvalue weighted by Crippen LogP contribution is 2.26. The SMILES string of the molecule is CCSc1ccc(N)c(OC(C)(C)C)n1. The molecule has 15 heavy (non-hydrogen) atoms. The molecular weight excluding hydrogens is 208 g/mol. The van der Waals surface area contributed by atoms with Gasteiger partial charge in [0, 0.05) is 0 Å². The maximum atomic E-state index is 5.80. The molecule has 1 rings (SSSR count). The van der Waals surface area contributed by atoms with Crippen LogP contribution in [0.25, 0.3) is 0 Å². The first-order chi connectivity index (χ1) is 6.92. The molecule has 1 aromatic heterocycles. The summed E-state index contributed by atoms with van der Waals surface area (Å²) in [6.45, 7) is 8.03. The minimum atomic E-state index is -0.267. The van der Waals surface area contributed by atoms with Crippen molar-refractivity contribution in [3.8, 4) is 5.88 Å². The smallest absolute Gasteiger partial charge is 0.238 e. The first kappa shape index (κ1) is 12.2. The summed E-state index contributed by atoms with van der Waals surface area (Å²) in [7, 11) is 0. The van der Waals surface area contributed by atoms with Gasteiger partial charge in [-0.1, -0.05) is 6.92 Å². The Labute approximate surface area is 95.4 Å². The van der Waals surface area contributed by atoms with E-state index in [1.807, 2.05) is 32.9 Å². The summed E-state index contributed by atoms with van der Waals surface area (Å²) in [6, 6.07) is 3.76. The zero-order valence-corrected chi connectivity index (χ0v) is 10.5. The highest BCUT2D eigenvalue weighted by Gasteiger charge is 2.15. The molecule has 0 aliphatic rings. The summed E-state index contributed by atoms with van der Waals surface area (Å²) < 4.78 is 5.67. The highest BCUT2D eigenvalue weighted by molar-refractivity contribution is 7.99. The molecule has 0 bridgehead atoms. The molecule has 0 saturated heterocycles. The summed E-state index contributed by atoms with van der Waals surface area (Å²) in [4.78, 5) is 4.36. The zero-order valence-electron chi connectivity index (χ0n) is 9.70. The molecular formula is C11H18N2OS. The molecule has 0 unspecified atom stereocenters. The second-order valence-electron chi connectivity index (χ2n) is 4.19. The van der Waals surface area contributed by atoms with E-state index >= 15 is 0 Å². The fraction of sp³-hybridized carbons (Fsp3) is 0.545. The van der Waals surface area contributed by atoms with Crippen LogP contribution < -0.4 is 10.5 Å². The number of anilines is 1. The summed E-state index contributed by atoms with van der Waals surface area (Å²) >= 11 is 1.68. The average Bonchev–Trinajstić information content (AvgIpc) is 2.09. The van der Waals surface area contributed by atoms with Gasteiger partial charge in [-0.2, -0.15) is 0 Å². The number of thioether (sulfide) groups is 1. The number of rotatable bonds is 3. The molecule has 0 saturated carbocycles. The Morgan fingerprint density at radius 1 is 1.40 bits per heavy atom. The van der Waals surface area contributed by atoms with Gasteiger partial charge in [-0.3, -0.25) is 0 Å². The number of nitrogens with zero attached hydrogens (tertiary/aromatic N) is 1. The van der Waals surface area contributed by atoms with Gasteiger partial charge in [0.05, 0.1) is 5.69 Å². The van der Waals surface area contributed by atoms with Gasteiger partial charge in [0.1, 0.15) is 10.6 Å². The number of hydrogen-bond acceptors (Lipinski definition) is 4. The molecule has 1 aromatic rings. The molecule has 84 valence electrons. The number of nitrogens with two attached hydrogens (primary N) is 1. The lowest BCUT2D eigenvalue weighted by Crippen LogP contribution is -2.24. The molecule has 0 radical (unpaired) electrons. The van der Waals surface area contributed by atoms with Gasteiger partial charge in [-0.15, -0.1) is 11.8 Å². The average molecular weight is 226 g/mol. The van der Waals surface area contributed by atoms with Crippen LogP contribution in [0, 0.1) is 0 Å². The third-order valence-electron chi connectivity index (χ3n) is 1.56. The van der Waals surface area contributed by atoms with E-state index in [1.165, 1.54) is 0 Å². The van der Waals surface area contributed by atoms with E-state index in [0.717, 1.165) is 10.8 Å². The minimum Gasteiger partial charge on any atom is -0.470 e. The van der Waals surface area contributed by atoms with E-state index in [9.17, 15) is 0 Å². The highest BCUT2D eigenvalue weighted by atomic mass is 32.2. The van der Waals surface area contributed by atoms with Gasteiger partial charge in [-0.05, 0) is 38.7 Å². The van der Waals surface area contributed by atoms with Gasteiger partial charge in [0.25, 0.3) is 0 Å². The van der Waals surface area contributed by atoms with Crippen LogP contribution in [0.15, 0.2) is 17.2 Å². The van der Waals surface area contributed by atoms with E-state index in [-0.39, 0.29) is 5.60 Å². The van der Waals surface area contributed by atoms with Crippen molar-refractivity contribution in [3.05, 3.63) is 12.1 Å². The van der Waals surface area contributed by atoms with Crippen LogP contribution in [0.3, 0.4) is 0 Å². The molecule has 4 heteroatoms. The Kier molecular flexibility index (Phi) is 3.85. The summed E-state index contributed by atoms with van der Waals surface area (Å²) in [5.74, 6) is 1.52. The topological polar surface area (TPSA) is 48.1 Å². The molecule has 0 atom stereocenters. The van der Waals surface area contributed by atoms with Crippen molar-refractivity contribution in [3.63, 3.8) is 0 Å². The standard InChI is InChI=1S/C11H18N2OS/c1-5-15-9-7-6-8(12)10(13-9)14-11(2,3)4/h6-7H,5,12H2,1-4H3. The Bertz CT molecular complexity index is 334. The van der Waals surface area contributed by atoms with Crippen LogP contribution in [0.5, 0.6) is 5.88 Å². The minimum absolute atomic E-state index is 0.267. The summed E-state index contributed by atoms with van der Waals surface area (Å²) in [5.41, 5.74) is 6.12. The Balaban J connectivity index is 2.90. The molecule has 3 nitrogen and oxygen atoms in total. The third kappa shape index (κ3) is 4.00. The second kappa shape index (κ2) is 4.75. The monoisotopic (exact) mass is 226 g/mol. The predicted molar refractivity (Wildman–Crippen MR) is 65.4 cm³/mol. The van der Waals surface area contributed by atoms with E-state index < -0.39 is 0 Å². The first-order valence-corrected chi connectivity index (χ1v) is 5.99. The number of hydrogen-bond donors (Lipinski definition) is 1. The predicted octanol–water partition coefficient (Wildman–Crippen LogP) is 2.95. The number of aromatic nitrogens is 1. The largest absolute Gasteiger partial charge is 0.470 e. The van der Waals surface area contributed by atoms with Crippen molar-refractivity contribution in [2.24, 2.45) is 0 Å². The molecule has 2 N–H and O–H groups in total. The van der Waals surface area contributed by atoms with Crippen molar-refractivity contribution < 1.29 is 4.74 Å². The molecule has 0 fully saturated rings. The van der Waals surface area contributed by atoms with Crippen LogP contribution in [0.2, 0.25) is 0 Å². The summed E-state index contributed by atoms with van der Waals surface area (Å²) in [6.07, 6.45) is 0. The fourth-order valence-corrected chi connectivity index (χ4v) is 1.64.